The number of hydrogen-bond acceptors (Lipinski definition) is 5. The molecule has 0 aromatic carbocycles. The molecule has 1 rings (SSSR count). The molecular weight excluding hydrogens is 226 g/mol. The van der Waals surface area contributed by atoms with Crippen LogP contribution in [0.15, 0.2) is 10.5 Å². The Bertz CT molecular complexity index is 374. The molecule has 96 valence electrons. The van der Waals surface area contributed by atoms with E-state index in [-0.39, 0.29) is 18.4 Å². The van der Waals surface area contributed by atoms with E-state index < -0.39 is 5.97 Å². The summed E-state index contributed by atoms with van der Waals surface area (Å²) in [7, 11) is 1.55. The standard InChI is InChI=1S/C11H17NO5/c1-7-8(3-10(17-7)11(14)15)4-12-9(5-13)6-16-2/h3,9,12-13H,4-6H2,1-2H3,(H,14,15). The van der Waals surface area contributed by atoms with Gasteiger partial charge in [-0.3, -0.25) is 0 Å². The second kappa shape index (κ2) is 6.39. The van der Waals surface area contributed by atoms with Crippen molar-refractivity contribution in [3.63, 3.8) is 0 Å². The summed E-state index contributed by atoms with van der Waals surface area (Å²) in [6.07, 6.45) is 0. The summed E-state index contributed by atoms with van der Waals surface area (Å²) in [4.78, 5) is 10.7. The Balaban J connectivity index is 2.59. The monoisotopic (exact) mass is 243 g/mol. The normalized spacial score (nSPS) is 12.6. The largest absolute Gasteiger partial charge is 0.475 e. The van der Waals surface area contributed by atoms with Crippen molar-refractivity contribution < 1.29 is 24.2 Å². The van der Waals surface area contributed by atoms with E-state index in [1.54, 1.807) is 14.0 Å². The van der Waals surface area contributed by atoms with Gasteiger partial charge in [-0.05, 0) is 13.0 Å². The van der Waals surface area contributed by atoms with E-state index in [1.165, 1.54) is 6.07 Å². The average molecular weight is 243 g/mol. The molecule has 6 heteroatoms. The zero-order chi connectivity index (χ0) is 12.8. The van der Waals surface area contributed by atoms with E-state index >= 15 is 0 Å². The fraction of sp³-hybridized carbons (Fsp3) is 0.545. The quantitative estimate of drug-likeness (QED) is 0.641. The van der Waals surface area contributed by atoms with Gasteiger partial charge in [0.15, 0.2) is 0 Å². The van der Waals surface area contributed by atoms with Crippen LogP contribution in [0, 0.1) is 6.92 Å². The van der Waals surface area contributed by atoms with Gasteiger partial charge in [0.2, 0.25) is 5.76 Å². The molecule has 1 atom stereocenters. The van der Waals surface area contributed by atoms with E-state index in [4.69, 9.17) is 19.4 Å². The van der Waals surface area contributed by atoms with Crippen LogP contribution >= 0.6 is 0 Å². The summed E-state index contributed by atoms with van der Waals surface area (Å²) < 4.78 is 9.99. The number of aryl methyl sites for hydroxylation is 1. The van der Waals surface area contributed by atoms with Crippen molar-refractivity contribution in [3.05, 3.63) is 23.2 Å². The first-order valence-corrected chi connectivity index (χ1v) is 5.24. The number of hydrogen-bond donors (Lipinski definition) is 3. The van der Waals surface area contributed by atoms with Gasteiger partial charge >= 0.3 is 5.97 Å². The van der Waals surface area contributed by atoms with Crippen molar-refractivity contribution in [3.8, 4) is 0 Å². The van der Waals surface area contributed by atoms with Crippen LogP contribution in [0.5, 0.6) is 0 Å². The van der Waals surface area contributed by atoms with Gasteiger partial charge in [-0.25, -0.2) is 4.79 Å². The first kappa shape index (κ1) is 13.7. The number of aromatic carboxylic acids is 1. The van der Waals surface area contributed by atoms with Crippen molar-refractivity contribution in [1.29, 1.82) is 0 Å². The molecule has 1 aromatic rings. The fourth-order valence-electron chi connectivity index (χ4n) is 1.43. The number of furan rings is 1. The van der Waals surface area contributed by atoms with Gasteiger partial charge in [-0.1, -0.05) is 0 Å². The highest BCUT2D eigenvalue weighted by Crippen LogP contribution is 2.14. The van der Waals surface area contributed by atoms with Crippen LogP contribution in [-0.4, -0.2) is 42.5 Å². The molecule has 1 heterocycles. The lowest BCUT2D eigenvalue weighted by Gasteiger charge is -2.14. The Labute approximate surface area is 99.2 Å². The topological polar surface area (TPSA) is 91.9 Å². The number of carbonyl (C=O) groups is 1. The number of carboxylic acid groups (broad SMARTS) is 1. The highest BCUT2D eigenvalue weighted by Gasteiger charge is 2.14. The number of methoxy groups -OCH3 is 1. The summed E-state index contributed by atoms with van der Waals surface area (Å²) in [5.74, 6) is -0.606. The van der Waals surface area contributed by atoms with Crippen LogP contribution in [0.25, 0.3) is 0 Å². The molecule has 0 amide bonds. The maximum Gasteiger partial charge on any atom is 0.371 e. The molecule has 0 spiro atoms. The first-order valence-electron chi connectivity index (χ1n) is 5.24. The molecule has 0 saturated heterocycles. The van der Waals surface area contributed by atoms with Crippen LogP contribution < -0.4 is 5.32 Å². The van der Waals surface area contributed by atoms with Gasteiger partial charge in [0.25, 0.3) is 0 Å². The van der Waals surface area contributed by atoms with Crippen LogP contribution in [-0.2, 0) is 11.3 Å². The molecule has 1 unspecified atom stereocenters. The summed E-state index contributed by atoms with van der Waals surface area (Å²) >= 11 is 0. The molecule has 0 saturated carbocycles. The number of aliphatic hydroxyl groups is 1. The van der Waals surface area contributed by atoms with Gasteiger partial charge in [0, 0.05) is 19.2 Å². The number of ether oxygens (including phenoxy) is 1. The highest BCUT2D eigenvalue weighted by atomic mass is 16.5. The Hall–Kier alpha value is -1.37. The maximum atomic E-state index is 10.7. The zero-order valence-electron chi connectivity index (χ0n) is 9.90. The third-order valence-electron chi connectivity index (χ3n) is 2.40. The van der Waals surface area contributed by atoms with Gasteiger partial charge < -0.3 is 24.7 Å². The van der Waals surface area contributed by atoms with Gasteiger partial charge in [-0.15, -0.1) is 0 Å². The van der Waals surface area contributed by atoms with Crippen molar-refractivity contribution in [2.45, 2.75) is 19.5 Å². The minimum Gasteiger partial charge on any atom is -0.475 e. The van der Waals surface area contributed by atoms with Crippen molar-refractivity contribution in [2.24, 2.45) is 0 Å². The van der Waals surface area contributed by atoms with Crippen molar-refractivity contribution in [2.75, 3.05) is 20.3 Å². The lowest BCUT2D eigenvalue weighted by atomic mass is 10.2. The summed E-state index contributed by atoms with van der Waals surface area (Å²) in [5, 5.41) is 20.8. The third-order valence-corrected chi connectivity index (χ3v) is 2.40. The number of carboxylic acids is 1. The molecule has 17 heavy (non-hydrogen) atoms. The third kappa shape index (κ3) is 3.85. The van der Waals surface area contributed by atoms with E-state index in [0.29, 0.717) is 18.9 Å². The molecular formula is C11H17NO5. The van der Waals surface area contributed by atoms with Crippen LogP contribution in [0.4, 0.5) is 0 Å². The molecule has 0 radical (unpaired) electrons. The Morgan fingerprint density at radius 3 is 2.82 bits per heavy atom. The predicted octanol–water partition coefficient (Wildman–Crippen LogP) is 0.383. The SMILES string of the molecule is COCC(CO)NCc1cc(C(=O)O)oc1C. The Kier molecular flexibility index (Phi) is 5.14. The number of nitrogens with one attached hydrogen (secondary N) is 1. The van der Waals surface area contributed by atoms with Crippen molar-refractivity contribution >= 4 is 5.97 Å². The lowest BCUT2D eigenvalue weighted by Crippen LogP contribution is -2.35. The maximum absolute atomic E-state index is 10.7. The molecule has 0 aliphatic heterocycles. The Morgan fingerprint density at radius 1 is 1.65 bits per heavy atom. The first-order chi connectivity index (χ1) is 8.08. The second-order valence-electron chi connectivity index (χ2n) is 3.71. The minimum atomic E-state index is -1.09. The zero-order valence-corrected chi connectivity index (χ0v) is 9.90. The molecule has 1 aromatic heterocycles. The lowest BCUT2D eigenvalue weighted by molar-refractivity contribution is 0.0661. The van der Waals surface area contributed by atoms with E-state index in [2.05, 4.69) is 5.32 Å². The molecule has 0 fully saturated rings. The minimum absolute atomic E-state index is 0.0451. The van der Waals surface area contributed by atoms with E-state index in [9.17, 15) is 4.79 Å². The van der Waals surface area contributed by atoms with Gasteiger partial charge in [-0.2, -0.15) is 0 Å². The molecule has 3 N–H and O–H groups in total. The van der Waals surface area contributed by atoms with E-state index in [1.807, 2.05) is 0 Å². The predicted molar refractivity (Wildman–Crippen MR) is 60.0 cm³/mol. The molecule has 0 bridgehead atoms. The summed E-state index contributed by atoms with van der Waals surface area (Å²) in [5.41, 5.74) is 0.761. The second-order valence-corrected chi connectivity index (χ2v) is 3.71. The number of aliphatic hydroxyl groups excluding tert-OH is 1. The summed E-state index contributed by atoms with van der Waals surface area (Å²) in [6.45, 7) is 2.47. The van der Waals surface area contributed by atoms with E-state index in [0.717, 1.165) is 5.56 Å². The highest BCUT2D eigenvalue weighted by molar-refractivity contribution is 5.84. The van der Waals surface area contributed by atoms with Crippen molar-refractivity contribution in [1.82, 2.24) is 5.32 Å². The van der Waals surface area contributed by atoms with Crippen LogP contribution in [0.3, 0.4) is 0 Å². The van der Waals surface area contributed by atoms with Gasteiger partial charge in [0.1, 0.15) is 5.76 Å². The van der Waals surface area contributed by atoms with Gasteiger partial charge in [0.05, 0.1) is 19.3 Å². The number of rotatable bonds is 7. The fourth-order valence-corrected chi connectivity index (χ4v) is 1.43. The van der Waals surface area contributed by atoms with Crippen LogP contribution in [0.1, 0.15) is 21.9 Å². The molecule has 0 aliphatic carbocycles. The molecule has 6 nitrogen and oxygen atoms in total. The van der Waals surface area contributed by atoms with Crippen LogP contribution in [0.2, 0.25) is 0 Å². The summed E-state index contributed by atoms with van der Waals surface area (Å²) in [6, 6.07) is 1.30. The smallest absolute Gasteiger partial charge is 0.371 e. The molecule has 0 aliphatic rings. The Morgan fingerprint density at radius 2 is 2.35 bits per heavy atom. The average Bonchev–Trinajstić information content (AvgIpc) is 2.66.